The van der Waals surface area contributed by atoms with Gasteiger partial charge < -0.3 is 9.53 Å². The van der Waals surface area contributed by atoms with Crippen LogP contribution in [-0.2, 0) is 14.3 Å². The molecule has 1 aromatic carbocycles. The summed E-state index contributed by atoms with van der Waals surface area (Å²) >= 11 is 0. The molecular formula is C12H14O3. The summed E-state index contributed by atoms with van der Waals surface area (Å²) in [6.45, 7) is 0. The monoisotopic (exact) mass is 206 g/mol. The minimum atomic E-state index is -0.286. The highest BCUT2D eigenvalue weighted by molar-refractivity contribution is 5.71. The predicted molar refractivity (Wildman–Crippen MR) is 56.5 cm³/mol. The number of esters is 1. The van der Waals surface area contributed by atoms with E-state index in [4.69, 9.17) is 0 Å². The fraction of sp³-hybridized carbons (Fsp3) is 0.333. The van der Waals surface area contributed by atoms with Crippen LogP contribution in [0.2, 0.25) is 0 Å². The van der Waals surface area contributed by atoms with Crippen LogP contribution in [0.5, 0.6) is 0 Å². The summed E-state index contributed by atoms with van der Waals surface area (Å²) in [5, 5.41) is 0. The Balaban J connectivity index is 2.74. The Morgan fingerprint density at radius 1 is 1.40 bits per heavy atom. The van der Waals surface area contributed by atoms with Gasteiger partial charge in [-0.25, -0.2) is 0 Å². The van der Waals surface area contributed by atoms with Gasteiger partial charge in [-0.05, 0) is 5.56 Å². The van der Waals surface area contributed by atoms with Crippen molar-refractivity contribution in [1.82, 2.24) is 0 Å². The van der Waals surface area contributed by atoms with Crippen LogP contribution < -0.4 is 0 Å². The van der Waals surface area contributed by atoms with Crippen LogP contribution in [-0.4, -0.2) is 19.4 Å². The Morgan fingerprint density at radius 3 is 2.60 bits per heavy atom. The minimum absolute atomic E-state index is 0.0730. The van der Waals surface area contributed by atoms with E-state index >= 15 is 0 Å². The number of aldehydes is 1. The van der Waals surface area contributed by atoms with Crippen molar-refractivity contribution in [2.75, 3.05) is 7.11 Å². The smallest absolute Gasteiger partial charge is 0.306 e. The highest BCUT2D eigenvalue weighted by Crippen LogP contribution is 2.22. The number of carbonyl (C=O) groups excluding carboxylic acids is 2. The molecule has 0 fully saturated rings. The Kier molecular flexibility index (Phi) is 4.54. The van der Waals surface area contributed by atoms with Crippen molar-refractivity contribution < 1.29 is 14.3 Å². The van der Waals surface area contributed by atoms with Crippen LogP contribution in [0, 0.1) is 0 Å². The summed E-state index contributed by atoms with van der Waals surface area (Å²) in [7, 11) is 1.35. The van der Waals surface area contributed by atoms with E-state index in [2.05, 4.69) is 4.74 Å². The second-order valence-corrected chi connectivity index (χ2v) is 3.29. The van der Waals surface area contributed by atoms with Gasteiger partial charge in [-0.3, -0.25) is 4.79 Å². The topological polar surface area (TPSA) is 43.4 Å². The van der Waals surface area contributed by atoms with Crippen LogP contribution in [0.3, 0.4) is 0 Å². The second-order valence-electron chi connectivity index (χ2n) is 3.29. The summed E-state index contributed by atoms with van der Waals surface area (Å²) in [5.41, 5.74) is 0.995. The lowest BCUT2D eigenvalue weighted by Gasteiger charge is -2.12. The van der Waals surface area contributed by atoms with Gasteiger partial charge in [-0.1, -0.05) is 30.3 Å². The average molecular weight is 206 g/mol. The average Bonchev–Trinajstić information content (AvgIpc) is 2.29. The number of methoxy groups -OCH3 is 1. The van der Waals surface area contributed by atoms with Crippen molar-refractivity contribution in [3.8, 4) is 0 Å². The first-order chi connectivity index (χ1) is 7.27. The summed E-state index contributed by atoms with van der Waals surface area (Å²) < 4.78 is 4.59. The molecule has 0 bridgehead atoms. The van der Waals surface area contributed by atoms with Crippen molar-refractivity contribution in [1.29, 1.82) is 0 Å². The largest absolute Gasteiger partial charge is 0.469 e. The molecule has 3 nitrogen and oxygen atoms in total. The van der Waals surface area contributed by atoms with Gasteiger partial charge in [0.15, 0.2) is 0 Å². The van der Waals surface area contributed by atoms with Crippen molar-refractivity contribution in [3.63, 3.8) is 0 Å². The minimum Gasteiger partial charge on any atom is -0.469 e. The second kappa shape index (κ2) is 5.96. The quantitative estimate of drug-likeness (QED) is 0.546. The van der Waals surface area contributed by atoms with Gasteiger partial charge in [0.2, 0.25) is 0 Å². The lowest BCUT2D eigenvalue weighted by atomic mass is 9.93. The van der Waals surface area contributed by atoms with Gasteiger partial charge >= 0.3 is 5.97 Å². The van der Waals surface area contributed by atoms with Crippen LogP contribution in [0.4, 0.5) is 0 Å². The van der Waals surface area contributed by atoms with Crippen LogP contribution in [0.15, 0.2) is 30.3 Å². The SMILES string of the molecule is COC(=O)CC(CC=O)c1ccccc1. The van der Waals surface area contributed by atoms with Gasteiger partial charge in [0.1, 0.15) is 6.29 Å². The molecule has 0 N–H and O–H groups in total. The Labute approximate surface area is 89.1 Å². The molecule has 0 aliphatic carbocycles. The molecule has 1 rings (SSSR count). The van der Waals surface area contributed by atoms with Gasteiger partial charge in [0.25, 0.3) is 0 Å². The van der Waals surface area contributed by atoms with Gasteiger partial charge in [-0.2, -0.15) is 0 Å². The maximum absolute atomic E-state index is 11.1. The molecule has 15 heavy (non-hydrogen) atoms. The number of rotatable bonds is 5. The predicted octanol–water partition coefficient (Wildman–Crippen LogP) is 1.92. The van der Waals surface area contributed by atoms with Crippen molar-refractivity contribution in [3.05, 3.63) is 35.9 Å². The van der Waals surface area contributed by atoms with E-state index in [0.29, 0.717) is 6.42 Å². The first kappa shape index (κ1) is 11.4. The van der Waals surface area contributed by atoms with E-state index in [1.54, 1.807) is 0 Å². The van der Waals surface area contributed by atoms with Crippen molar-refractivity contribution >= 4 is 12.3 Å². The number of carbonyl (C=O) groups is 2. The Hall–Kier alpha value is -1.64. The van der Waals surface area contributed by atoms with Crippen LogP contribution >= 0.6 is 0 Å². The molecule has 0 aromatic heterocycles. The van der Waals surface area contributed by atoms with Gasteiger partial charge in [-0.15, -0.1) is 0 Å². The summed E-state index contributed by atoms with van der Waals surface area (Å²) in [6, 6.07) is 9.52. The molecule has 0 aliphatic rings. The van der Waals surface area contributed by atoms with E-state index < -0.39 is 0 Å². The zero-order chi connectivity index (χ0) is 11.1. The van der Waals surface area contributed by atoms with Gasteiger partial charge in [0, 0.05) is 12.3 Å². The van der Waals surface area contributed by atoms with Crippen LogP contribution in [0.25, 0.3) is 0 Å². The molecule has 1 aromatic rings. The summed E-state index contributed by atoms with van der Waals surface area (Å²) in [5.74, 6) is -0.359. The van der Waals surface area contributed by atoms with Crippen molar-refractivity contribution in [2.24, 2.45) is 0 Å². The molecule has 0 spiro atoms. The van der Waals surface area contributed by atoms with E-state index in [1.165, 1.54) is 7.11 Å². The van der Waals surface area contributed by atoms with Gasteiger partial charge in [0.05, 0.1) is 13.5 Å². The zero-order valence-corrected chi connectivity index (χ0v) is 8.68. The number of benzene rings is 1. The normalized spacial score (nSPS) is 11.8. The summed E-state index contributed by atoms with van der Waals surface area (Å²) in [6.07, 6.45) is 1.43. The third-order valence-corrected chi connectivity index (χ3v) is 2.29. The number of ether oxygens (including phenoxy) is 1. The van der Waals surface area contributed by atoms with Crippen molar-refractivity contribution in [2.45, 2.75) is 18.8 Å². The molecule has 80 valence electrons. The van der Waals surface area contributed by atoms with E-state index in [0.717, 1.165) is 11.8 Å². The van der Waals surface area contributed by atoms with E-state index in [9.17, 15) is 9.59 Å². The third-order valence-electron chi connectivity index (χ3n) is 2.29. The highest BCUT2D eigenvalue weighted by atomic mass is 16.5. The Morgan fingerprint density at radius 2 is 2.07 bits per heavy atom. The number of hydrogen-bond acceptors (Lipinski definition) is 3. The molecule has 0 saturated heterocycles. The molecule has 0 aliphatic heterocycles. The fourth-order valence-electron chi connectivity index (χ4n) is 1.46. The lowest BCUT2D eigenvalue weighted by Crippen LogP contribution is -2.09. The highest BCUT2D eigenvalue weighted by Gasteiger charge is 2.15. The first-order valence-corrected chi connectivity index (χ1v) is 4.83. The van der Waals surface area contributed by atoms with E-state index in [-0.39, 0.29) is 18.3 Å². The third kappa shape index (κ3) is 3.54. The first-order valence-electron chi connectivity index (χ1n) is 4.83. The molecule has 0 radical (unpaired) electrons. The molecule has 0 saturated carbocycles. The molecular weight excluding hydrogens is 192 g/mol. The molecule has 0 amide bonds. The maximum Gasteiger partial charge on any atom is 0.306 e. The molecule has 0 heterocycles. The molecule has 3 heteroatoms. The standard InChI is InChI=1S/C12H14O3/c1-15-12(14)9-11(7-8-13)10-5-3-2-4-6-10/h2-6,8,11H,7,9H2,1H3. The lowest BCUT2D eigenvalue weighted by molar-refractivity contribution is -0.141. The molecule has 1 atom stereocenters. The van der Waals surface area contributed by atoms with E-state index in [1.807, 2.05) is 30.3 Å². The molecule has 1 unspecified atom stereocenters. The number of hydrogen-bond donors (Lipinski definition) is 0. The fourth-order valence-corrected chi connectivity index (χ4v) is 1.46. The van der Waals surface area contributed by atoms with Crippen LogP contribution in [0.1, 0.15) is 24.3 Å². The summed E-state index contributed by atoms with van der Waals surface area (Å²) in [4.78, 5) is 21.6. The Bertz CT molecular complexity index is 319. The zero-order valence-electron chi connectivity index (χ0n) is 8.68. The maximum atomic E-state index is 11.1.